The van der Waals surface area contributed by atoms with Gasteiger partial charge in [0, 0.05) is 24.0 Å². The van der Waals surface area contributed by atoms with E-state index in [-0.39, 0.29) is 28.6 Å². The zero-order chi connectivity index (χ0) is 24.6. The van der Waals surface area contributed by atoms with Gasteiger partial charge >= 0.3 is 0 Å². The zero-order valence-corrected chi connectivity index (χ0v) is 21.0. The van der Waals surface area contributed by atoms with Gasteiger partial charge in [-0.05, 0) is 73.7 Å². The van der Waals surface area contributed by atoms with Crippen LogP contribution in [0, 0.1) is 11.7 Å². The maximum atomic E-state index is 14.0. The molecule has 4 rings (SSSR count). The number of thioether (sulfide) groups is 1. The van der Waals surface area contributed by atoms with Crippen LogP contribution in [0.4, 0.5) is 4.39 Å². The molecule has 1 aliphatic rings. The third-order valence-electron chi connectivity index (χ3n) is 6.07. The van der Waals surface area contributed by atoms with Gasteiger partial charge in [-0.25, -0.2) is 14.4 Å². The molecule has 1 aliphatic heterocycles. The molecule has 1 fully saturated rings. The number of hydrogen-bond donors (Lipinski definition) is 2. The molecule has 3 aromatic rings. The van der Waals surface area contributed by atoms with Crippen molar-refractivity contribution in [3.05, 3.63) is 71.3 Å². The van der Waals surface area contributed by atoms with Gasteiger partial charge < -0.3 is 15.4 Å². The van der Waals surface area contributed by atoms with Crippen LogP contribution in [0.5, 0.6) is 5.75 Å². The first-order valence-corrected chi connectivity index (χ1v) is 12.9. The highest BCUT2D eigenvalue weighted by Crippen LogP contribution is 2.24. The second kappa shape index (κ2) is 12.3. The number of carbonyl (C=O) groups excluding carboxylic acids is 1. The Morgan fingerprint density at radius 2 is 2.00 bits per heavy atom. The molecule has 2 unspecified atom stereocenters. The van der Waals surface area contributed by atoms with Gasteiger partial charge in [-0.15, -0.1) is 0 Å². The predicted molar refractivity (Wildman–Crippen MR) is 137 cm³/mol. The van der Waals surface area contributed by atoms with Crippen molar-refractivity contribution in [3.63, 3.8) is 0 Å². The molecule has 1 amide bonds. The molecule has 2 N–H and O–H groups in total. The average molecular weight is 515 g/mol. The van der Waals surface area contributed by atoms with Gasteiger partial charge in [0.05, 0.1) is 17.9 Å². The van der Waals surface area contributed by atoms with Crippen LogP contribution in [0.15, 0.2) is 60.0 Å². The fraction of sp³-hybridized carbons (Fsp3) is 0.346. The van der Waals surface area contributed by atoms with Crippen LogP contribution in [-0.4, -0.2) is 47.9 Å². The smallest absolute Gasteiger partial charge is 0.230 e. The van der Waals surface area contributed by atoms with Crippen LogP contribution in [0.1, 0.15) is 18.4 Å². The van der Waals surface area contributed by atoms with Gasteiger partial charge in [0.15, 0.2) is 5.16 Å². The number of methoxy groups -OCH3 is 1. The first kappa shape index (κ1) is 25.4. The third kappa shape index (κ3) is 7.16. The average Bonchev–Trinajstić information content (AvgIpc) is 2.90. The Labute approximate surface area is 214 Å². The highest BCUT2D eigenvalue weighted by atomic mass is 35.5. The van der Waals surface area contributed by atoms with Crippen molar-refractivity contribution in [2.24, 2.45) is 5.92 Å². The van der Waals surface area contributed by atoms with Gasteiger partial charge in [-0.3, -0.25) is 4.79 Å². The van der Waals surface area contributed by atoms with E-state index in [2.05, 4.69) is 20.6 Å². The molecule has 35 heavy (non-hydrogen) atoms. The molecule has 1 aromatic heterocycles. The van der Waals surface area contributed by atoms with Gasteiger partial charge in [-0.2, -0.15) is 0 Å². The number of benzene rings is 2. The van der Waals surface area contributed by atoms with Crippen molar-refractivity contribution in [1.82, 2.24) is 20.6 Å². The highest BCUT2D eigenvalue weighted by molar-refractivity contribution is 7.99. The van der Waals surface area contributed by atoms with Crippen LogP contribution < -0.4 is 15.4 Å². The van der Waals surface area contributed by atoms with Crippen molar-refractivity contribution < 1.29 is 13.9 Å². The number of amides is 1. The van der Waals surface area contributed by atoms with E-state index in [0.29, 0.717) is 11.6 Å². The summed E-state index contributed by atoms with van der Waals surface area (Å²) < 4.78 is 19.1. The number of nitrogens with one attached hydrogen (secondary N) is 2. The summed E-state index contributed by atoms with van der Waals surface area (Å²) in [5.41, 5.74) is 2.69. The van der Waals surface area contributed by atoms with Crippen LogP contribution >= 0.6 is 23.4 Å². The van der Waals surface area contributed by atoms with Crippen molar-refractivity contribution >= 4 is 29.3 Å². The van der Waals surface area contributed by atoms with Crippen LogP contribution in [0.3, 0.4) is 0 Å². The largest absolute Gasteiger partial charge is 0.497 e. The maximum absolute atomic E-state index is 14.0. The van der Waals surface area contributed by atoms with Gasteiger partial charge in [0.2, 0.25) is 5.91 Å². The Bertz CT molecular complexity index is 1130. The zero-order valence-electron chi connectivity index (χ0n) is 19.5. The molecule has 0 spiro atoms. The molecular weight excluding hydrogens is 487 g/mol. The number of rotatable bonds is 9. The van der Waals surface area contributed by atoms with Crippen LogP contribution in [0.25, 0.3) is 11.1 Å². The standard InChI is InChI=1S/C26H28ClFN4O2S/c1-34-21-7-5-18(6-8-21)20-14-30-26(31-15-20)35-16-25(33)32-24(19-3-2-10-29-13-19)12-17-4-9-22(27)23(28)11-17/h4-9,11,14-15,19,24,29H,2-3,10,12-13,16H2,1H3,(H,32,33). The van der Waals surface area contributed by atoms with Gasteiger partial charge in [0.1, 0.15) is 11.6 Å². The summed E-state index contributed by atoms with van der Waals surface area (Å²) >= 11 is 7.12. The quantitative estimate of drug-likeness (QED) is 0.316. The molecule has 0 aliphatic carbocycles. The second-order valence-electron chi connectivity index (χ2n) is 8.50. The molecule has 2 heterocycles. The van der Waals surface area contributed by atoms with E-state index in [1.54, 1.807) is 25.6 Å². The molecule has 6 nitrogen and oxygen atoms in total. The number of ether oxygens (including phenoxy) is 1. The molecular formula is C26H28ClFN4O2S. The normalized spacial score (nSPS) is 16.5. The van der Waals surface area contributed by atoms with E-state index in [4.69, 9.17) is 16.3 Å². The SMILES string of the molecule is COc1ccc(-c2cnc(SCC(=O)NC(Cc3ccc(Cl)c(F)c3)C3CCCNC3)nc2)cc1. The van der Waals surface area contributed by atoms with Crippen molar-refractivity contribution in [2.75, 3.05) is 26.0 Å². The summed E-state index contributed by atoms with van der Waals surface area (Å²) in [5.74, 6) is 0.727. The Morgan fingerprint density at radius 3 is 2.66 bits per heavy atom. The lowest BCUT2D eigenvalue weighted by molar-refractivity contribution is -0.119. The lowest BCUT2D eigenvalue weighted by atomic mass is 9.87. The number of halogens is 2. The first-order chi connectivity index (χ1) is 17.0. The Kier molecular flexibility index (Phi) is 8.95. The minimum Gasteiger partial charge on any atom is -0.497 e. The number of hydrogen-bond acceptors (Lipinski definition) is 6. The second-order valence-corrected chi connectivity index (χ2v) is 9.85. The van der Waals surface area contributed by atoms with Crippen LogP contribution in [0.2, 0.25) is 5.02 Å². The molecule has 184 valence electrons. The summed E-state index contributed by atoms with van der Waals surface area (Å²) in [4.78, 5) is 21.6. The number of aromatic nitrogens is 2. The highest BCUT2D eigenvalue weighted by Gasteiger charge is 2.25. The molecule has 2 aromatic carbocycles. The van der Waals surface area contributed by atoms with Crippen LogP contribution in [-0.2, 0) is 11.2 Å². The number of carbonyl (C=O) groups is 1. The molecule has 2 atom stereocenters. The first-order valence-electron chi connectivity index (χ1n) is 11.5. The lowest BCUT2D eigenvalue weighted by Crippen LogP contribution is -2.48. The Hall–Kier alpha value is -2.68. The summed E-state index contributed by atoms with van der Waals surface area (Å²) in [5, 5.41) is 7.20. The summed E-state index contributed by atoms with van der Waals surface area (Å²) in [6.07, 6.45) is 6.11. The Morgan fingerprint density at radius 1 is 1.23 bits per heavy atom. The molecule has 0 saturated carbocycles. The van der Waals surface area contributed by atoms with E-state index in [1.807, 2.05) is 30.3 Å². The Balaban J connectivity index is 1.35. The van der Waals surface area contributed by atoms with E-state index < -0.39 is 5.82 Å². The monoisotopic (exact) mass is 514 g/mol. The van der Waals surface area contributed by atoms with E-state index in [0.717, 1.165) is 48.4 Å². The van der Waals surface area contributed by atoms with E-state index >= 15 is 0 Å². The lowest BCUT2D eigenvalue weighted by Gasteiger charge is -2.31. The topological polar surface area (TPSA) is 76.1 Å². The maximum Gasteiger partial charge on any atom is 0.230 e. The third-order valence-corrected chi connectivity index (χ3v) is 7.26. The molecule has 1 saturated heterocycles. The number of nitrogens with zero attached hydrogens (tertiary/aromatic N) is 2. The van der Waals surface area contributed by atoms with Crippen molar-refractivity contribution in [3.8, 4) is 16.9 Å². The summed E-state index contributed by atoms with van der Waals surface area (Å²) in [6, 6.07) is 12.4. The molecule has 0 radical (unpaired) electrons. The molecule has 9 heteroatoms. The van der Waals surface area contributed by atoms with Gasteiger partial charge in [0.25, 0.3) is 0 Å². The molecule has 0 bridgehead atoms. The number of piperidine rings is 1. The van der Waals surface area contributed by atoms with E-state index in [9.17, 15) is 9.18 Å². The fourth-order valence-corrected chi connectivity index (χ4v) is 4.90. The predicted octanol–water partition coefficient (Wildman–Crippen LogP) is 4.76. The minimum absolute atomic E-state index is 0.0946. The van der Waals surface area contributed by atoms with Gasteiger partial charge in [-0.1, -0.05) is 41.6 Å². The summed E-state index contributed by atoms with van der Waals surface area (Å²) in [6.45, 7) is 1.80. The van der Waals surface area contributed by atoms with Crippen molar-refractivity contribution in [1.29, 1.82) is 0 Å². The fourth-order valence-electron chi connectivity index (χ4n) is 4.18. The van der Waals surface area contributed by atoms with E-state index in [1.165, 1.54) is 17.8 Å². The summed E-state index contributed by atoms with van der Waals surface area (Å²) in [7, 11) is 1.63. The minimum atomic E-state index is -0.443. The van der Waals surface area contributed by atoms with Crippen molar-refractivity contribution in [2.45, 2.75) is 30.5 Å².